The Bertz CT molecular complexity index is 1250. The number of fused-ring (bicyclic) bond motifs is 1. The number of hydrogen-bond donors (Lipinski definition) is 1. The second-order valence-electron chi connectivity index (χ2n) is 8.11. The molecule has 0 radical (unpaired) electrons. The Morgan fingerprint density at radius 1 is 1.22 bits per heavy atom. The maximum atomic E-state index is 13.4. The fourth-order valence-corrected chi connectivity index (χ4v) is 4.30. The molecule has 1 atom stereocenters. The molecule has 5 rings (SSSR count). The lowest BCUT2D eigenvalue weighted by atomic mass is 10.0. The number of oxazole rings is 1. The average Bonchev–Trinajstić information content (AvgIpc) is 3.46. The van der Waals surface area contributed by atoms with Crippen molar-refractivity contribution < 1.29 is 18.3 Å². The van der Waals surface area contributed by atoms with Crippen LogP contribution in [-0.4, -0.2) is 34.4 Å². The zero-order chi connectivity index (χ0) is 22.1. The van der Waals surface area contributed by atoms with Gasteiger partial charge in [0.15, 0.2) is 0 Å². The molecule has 0 spiro atoms. The Balaban J connectivity index is 1.37. The van der Waals surface area contributed by atoms with E-state index in [1.807, 2.05) is 29.2 Å². The minimum atomic E-state index is -0.265. The summed E-state index contributed by atoms with van der Waals surface area (Å²) in [4.78, 5) is 23.0. The van der Waals surface area contributed by atoms with Crippen LogP contribution in [0.3, 0.4) is 0 Å². The standard InChI is InChI=1S/C25H24FN3O3/c1-31-19-9-10-21-17(13-19)14-22(28-21)25(30)29-11-3-2-4-23(29)24-27-15-20(32-24)12-16-5-7-18(26)8-6-16/h5-10,13-15,23,28H,2-4,11-12H2,1H3/t23-/m1/s1. The lowest BCUT2D eigenvalue weighted by Crippen LogP contribution is -2.38. The van der Waals surface area contributed by atoms with Gasteiger partial charge >= 0.3 is 0 Å². The lowest BCUT2D eigenvalue weighted by Gasteiger charge is -2.33. The van der Waals surface area contributed by atoms with Crippen LogP contribution in [0.25, 0.3) is 10.9 Å². The topological polar surface area (TPSA) is 71.4 Å². The number of carbonyl (C=O) groups excluding carboxylic acids is 1. The van der Waals surface area contributed by atoms with Crippen LogP contribution < -0.4 is 4.74 Å². The van der Waals surface area contributed by atoms with Gasteiger partial charge < -0.3 is 19.0 Å². The molecule has 1 N–H and O–H groups in total. The summed E-state index contributed by atoms with van der Waals surface area (Å²) in [5, 5.41) is 0.930. The normalized spacial score (nSPS) is 16.4. The molecule has 6 nitrogen and oxygen atoms in total. The number of nitrogens with zero attached hydrogens (tertiary/aromatic N) is 2. The number of hydrogen-bond acceptors (Lipinski definition) is 4. The van der Waals surface area contributed by atoms with Crippen molar-refractivity contribution in [2.45, 2.75) is 31.7 Å². The first-order chi connectivity index (χ1) is 15.6. The molecule has 32 heavy (non-hydrogen) atoms. The van der Waals surface area contributed by atoms with Gasteiger partial charge in [-0.3, -0.25) is 4.79 Å². The molecule has 1 saturated heterocycles. The van der Waals surface area contributed by atoms with Crippen molar-refractivity contribution in [3.63, 3.8) is 0 Å². The SMILES string of the molecule is COc1ccc2[nH]c(C(=O)N3CCCC[C@@H]3c3ncc(Cc4ccc(F)cc4)o3)cc2c1. The summed E-state index contributed by atoms with van der Waals surface area (Å²) in [7, 11) is 1.62. The van der Waals surface area contributed by atoms with Crippen molar-refractivity contribution >= 4 is 16.8 Å². The van der Waals surface area contributed by atoms with Crippen molar-refractivity contribution in [2.75, 3.05) is 13.7 Å². The van der Waals surface area contributed by atoms with Gasteiger partial charge in [0.1, 0.15) is 29.1 Å². The first kappa shape index (κ1) is 20.3. The molecule has 3 heterocycles. The number of benzene rings is 2. The highest BCUT2D eigenvalue weighted by molar-refractivity contribution is 5.98. The maximum absolute atomic E-state index is 13.4. The van der Waals surface area contributed by atoms with E-state index in [4.69, 9.17) is 9.15 Å². The average molecular weight is 433 g/mol. The van der Waals surface area contributed by atoms with Crippen LogP contribution in [0.5, 0.6) is 5.75 Å². The van der Waals surface area contributed by atoms with Crippen molar-refractivity contribution in [3.8, 4) is 5.75 Å². The highest BCUT2D eigenvalue weighted by atomic mass is 19.1. The molecule has 0 aliphatic carbocycles. The maximum Gasteiger partial charge on any atom is 0.270 e. The van der Waals surface area contributed by atoms with Gasteiger partial charge in [-0.25, -0.2) is 9.37 Å². The first-order valence-corrected chi connectivity index (χ1v) is 10.8. The van der Waals surface area contributed by atoms with E-state index in [2.05, 4.69) is 9.97 Å². The van der Waals surface area contributed by atoms with Crippen molar-refractivity contribution in [1.29, 1.82) is 0 Å². The fraction of sp³-hybridized carbons (Fsp3) is 0.280. The number of nitrogens with one attached hydrogen (secondary N) is 1. The molecule has 0 saturated carbocycles. The van der Waals surface area contributed by atoms with E-state index in [-0.39, 0.29) is 17.8 Å². The monoisotopic (exact) mass is 433 g/mol. The highest BCUT2D eigenvalue weighted by Gasteiger charge is 2.32. The number of rotatable bonds is 5. The van der Waals surface area contributed by atoms with Gasteiger partial charge in [-0.15, -0.1) is 0 Å². The Hall–Kier alpha value is -3.61. The van der Waals surface area contributed by atoms with E-state index in [1.54, 1.807) is 25.4 Å². The molecule has 164 valence electrons. The third-order valence-corrected chi connectivity index (χ3v) is 5.97. The van der Waals surface area contributed by atoms with Gasteiger partial charge in [0.25, 0.3) is 5.91 Å². The van der Waals surface area contributed by atoms with Crippen LogP contribution in [0, 0.1) is 5.82 Å². The number of likely N-dealkylation sites (tertiary alicyclic amines) is 1. The van der Waals surface area contributed by atoms with E-state index in [1.165, 1.54) is 12.1 Å². The molecule has 2 aromatic carbocycles. The molecule has 1 amide bonds. The van der Waals surface area contributed by atoms with Gasteiger partial charge in [-0.05, 0) is 61.2 Å². The van der Waals surface area contributed by atoms with Gasteiger partial charge in [0.05, 0.1) is 13.3 Å². The number of ether oxygens (including phenoxy) is 1. The van der Waals surface area contributed by atoms with E-state index in [0.29, 0.717) is 30.3 Å². The minimum Gasteiger partial charge on any atom is -0.497 e. The van der Waals surface area contributed by atoms with Crippen LogP contribution in [0.4, 0.5) is 4.39 Å². The highest BCUT2D eigenvalue weighted by Crippen LogP contribution is 2.33. The summed E-state index contributed by atoms with van der Waals surface area (Å²) in [6.07, 6.45) is 4.98. The van der Waals surface area contributed by atoms with Gasteiger partial charge in [0.2, 0.25) is 5.89 Å². The van der Waals surface area contributed by atoms with Crippen LogP contribution in [0.2, 0.25) is 0 Å². The zero-order valence-electron chi connectivity index (χ0n) is 17.8. The molecule has 1 fully saturated rings. The molecule has 4 aromatic rings. The summed E-state index contributed by atoms with van der Waals surface area (Å²) in [5.41, 5.74) is 2.37. The van der Waals surface area contributed by atoms with Gasteiger partial charge in [-0.1, -0.05) is 12.1 Å². The van der Waals surface area contributed by atoms with E-state index < -0.39 is 0 Å². The van der Waals surface area contributed by atoms with Crippen molar-refractivity contribution in [2.24, 2.45) is 0 Å². The zero-order valence-corrected chi connectivity index (χ0v) is 17.8. The molecule has 7 heteroatoms. The van der Waals surface area contributed by atoms with Crippen molar-refractivity contribution in [1.82, 2.24) is 14.9 Å². The van der Waals surface area contributed by atoms with E-state index in [9.17, 15) is 9.18 Å². The fourth-order valence-electron chi connectivity index (χ4n) is 4.30. The number of aromatic amines is 1. The van der Waals surface area contributed by atoms with Crippen LogP contribution in [0.1, 0.15) is 53.0 Å². The number of carbonyl (C=O) groups is 1. The number of methoxy groups -OCH3 is 1. The second-order valence-corrected chi connectivity index (χ2v) is 8.11. The first-order valence-electron chi connectivity index (χ1n) is 10.8. The van der Waals surface area contributed by atoms with Gasteiger partial charge in [-0.2, -0.15) is 0 Å². The van der Waals surface area contributed by atoms with E-state index in [0.717, 1.165) is 41.5 Å². The number of piperidine rings is 1. The Labute approximate surface area is 185 Å². The summed E-state index contributed by atoms with van der Waals surface area (Å²) < 4.78 is 24.5. The second kappa shape index (κ2) is 8.49. The Morgan fingerprint density at radius 3 is 2.88 bits per heavy atom. The predicted molar refractivity (Wildman–Crippen MR) is 118 cm³/mol. The molecule has 0 bridgehead atoms. The number of aromatic nitrogens is 2. The van der Waals surface area contributed by atoms with Crippen LogP contribution in [-0.2, 0) is 6.42 Å². The molecular weight excluding hydrogens is 409 g/mol. The molecule has 2 aromatic heterocycles. The number of amides is 1. The molecule has 0 unspecified atom stereocenters. The lowest BCUT2D eigenvalue weighted by molar-refractivity contribution is 0.0565. The van der Waals surface area contributed by atoms with Crippen molar-refractivity contribution in [3.05, 3.63) is 83.5 Å². The largest absolute Gasteiger partial charge is 0.497 e. The number of halogens is 1. The predicted octanol–water partition coefficient (Wildman–Crippen LogP) is 5.26. The van der Waals surface area contributed by atoms with Crippen LogP contribution >= 0.6 is 0 Å². The molecule has 1 aliphatic heterocycles. The third-order valence-electron chi connectivity index (χ3n) is 5.97. The summed E-state index contributed by atoms with van der Waals surface area (Å²) in [6.45, 7) is 0.651. The number of H-pyrrole nitrogens is 1. The van der Waals surface area contributed by atoms with Crippen LogP contribution in [0.15, 0.2) is 59.1 Å². The Morgan fingerprint density at radius 2 is 2.06 bits per heavy atom. The summed E-state index contributed by atoms with van der Waals surface area (Å²) in [5.74, 6) is 1.66. The quantitative estimate of drug-likeness (QED) is 0.466. The molecule has 1 aliphatic rings. The van der Waals surface area contributed by atoms with E-state index >= 15 is 0 Å². The summed E-state index contributed by atoms with van der Waals surface area (Å²) in [6, 6.07) is 13.7. The van der Waals surface area contributed by atoms with Gasteiger partial charge in [0, 0.05) is 23.9 Å². The molecular formula is C25H24FN3O3. The smallest absolute Gasteiger partial charge is 0.270 e. The Kier molecular flexibility index (Phi) is 5.39. The third kappa shape index (κ3) is 3.98. The minimum absolute atomic E-state index is 0.0665. The summed E-state index contributed by atoms with van der Waals surface area (Å²) >= 11 is 0.